The van der Waals surface area contributed by atoms with Gasteiger partial charge in [-0.1, -0.05) is 0 Å². The zero-order valence-corrected chi connectivity index (χ0v) is 11.7. The van der Waals surface area contributed by atoms with Crippen molar-refractivity contribution in [1.82, 2.24) is 15.5 Å². The summed E-state index contributed by atoms with van der Waals surface area (Å²) in [5, 5.41) is 5.82. The molecule has 0 radical (unpaired) electrons. The van der Waals surface area contributed by atoms with Crippen molar-refractivity contribution in [2.45, 2.75) is 19.4 Å². The molecule has 0 saturated carbocycles. The van der Waals surface area contributed by atoms with Gasteiger partial charge in [-0.3, -0.25) is 4.79 Å². The lowest BCUT2D eigenvalue weighted by molar-refractivity contribution is -0.126. The second-order valence-electron chi connectivity index (χ2n) is 3.93. The number of hydrogen-bond donors (Lipinski definition) is 2. The van der Waals surface area contributed by atoms with Crippen molar-refractivity contribution in [3.63, 3.8) is 0 Å². The predicted molar refractivity (Wildman–Crippen MR) is 69.2 cm³/mol. The lowest BCUT2D eigenvalue weighted by Crippen LogP contribution is -2.52. The molecular weight excluding hydrogens is 237 g/mol. The highest BCUT2D eigenvalue weighted by atomic mass is 35.5. The standard InChI is InChI=1S/C9H21N3O.2ClH/c1-9(2,10-3)8(13)11-6-7-12(4)5;;/h10H,6-7H2,1-5H3,(H,11,13);2*1H. The van der Waals surface area contributed by atoms with Crippen LogP contribution in [0.1, 0.15) is 13.8 Å². The Kier molecular flexibility index (Phi) is 12.5. The molecule has 0 aromatic heterocycles. The summed E-state index contributed by atoms with van der Waals surface area (Å²) in [5.41, 5.74) is -0.480. The Morgan fingerprint density at radius 3 is 2.07 bits per heavy atom. The number of hydrogen-bond acceptors (Lipinski definition) is 3. The van der Waals surface area contributed by atoms with Crippen molar-refractivity contribution in [3.05, 3.63) is 0 Å². The van der Waals surface area contributed by atoms with E-state index in [0.717, 1.165) is 6.54 Å². The number of carbonyl (C=O) groups is 1. The average Bonchev–Trinajstić information content (AvgIpc) is 2.03. The van der Waals surface area contributed by atoms with Gasteiger partial charge in [-0.25, -0.2) is 0 Å². The van der Waals surface area contributed by atoms with Crippen LogP contribution in [0.25, 0.3) is 0 Å². The van der Waals surface area contributed by atoms with E-state index in [4.69, 9.17) is 0 Å². The van der Waals surface area contributed by atoms with E-state index >= 15 is 0 Å². The molecule has 0 rings (SSSR count). The van der Waals surface area contributed by atoms with Crippen molar-refractivity contribution in [1.29, 1.82) is 0 Å². The Labute approximate surface area is 105 Å². The van der Waals surface area contributed by atoms with Gasteiger partial charge in [0.1, 0.15) is 0 Å². The van der Waals surface area contributed by atoms with Crippen LogP contribution in [0, 0.1) is 0 Å². The van der Waals surface area contributed by atoms with Crippen LogP contribution in [-0.2, 0) is 4.79 Å². The minimum atomic E-state index is -0.480. The monoisotopic (exact) mass is 259 g/mol. The molecule has 0 aliphatic carbocycles. The molecule has 0 atom stereocenters. The van der Waals surface area contributed by atoms with Gasteiger partial charge in [0.15, 0.2) is 0 Å². The molecule has 4 nitrogen and oxygen atoms in total. The molecule has 0 bridgehead atoms. The molecule has 0 aliphatic heterocycles. The highest BCUT2D eigenvalue weighted by Gasteiger charge is 2.24. The molecule has 0 unspecified atom stereocenters. The number of carbonyl (C=O) groups excluding carboxylic acids is 1. The van der Waals surface area contributed by atoms with E-state index in [1.165, 1.54) is 0 Å². The maximum absolute atomic E-state index is 11.5. The average molecular weight is 260 g/mol. The summed E-state index contributed by atoms with van der Waals surface area (Å²) in [6.45, 7) is 5.28. The molecule has 94 valence electrons. The van der Waals surface area contributed by atoms with E-state index < -0.39 is 5.54 Å². The first kappa shape index (κ1) is 20.4. The largest absolute Gasteiger partial charge is 0.353 e. The maximum atomic E-state index is 11.5. The molecular formula is C9H23Cl2N3O. The summed E-state index contributed by atoms with van der Waals surface area (Å²) in [7, 11) is 5.75. The van der Waals surface area contributed by atoms with Crippen LogP contribution in [0.3, 0.4) is 0 Å². The van der Waals surface area contributed by atoms with Gasteiger partial charge >= 0.3 is 0 Å². The Balaban J connectivity index is -0.000000720. The molecule has 6 heteroatoms. The van der Waals surface area contributed by atoms with Crippen LogP contribution in [0.2, 0.25) is 0 Å². The summed E-state index contributed by atoms with van der Waals surface area (Å²) in [4.78, 5) is 13.5. The highest BCUT2D eigenvalue weighted by Crippen LogP contribution is 1.99. The fourth-order valence-electron chi connectivity index (χ4n) is 0.728. The van der Waals surface area contributed by atoms with E-state index in [9.17, 15) is 4.79 Å². The summed E-state index contributed by atoms with van der Waals surface area (Å²) in [5.74, 6) is 0.0388. The third-order valence-electron chi connectivity index (χ3n) is 2.04. The van der Waals surface area contributed by atoms with Crippen molar-refractivity contribution < 1.29 is 4.79 Å². The van der Waals surface area contributed by atoms with Crippen molar-refractivity contribution in [2.75, 3.05) is 34.2 Å². The van der Waals surface area contributed by atoms with Gasteiger partial charge in [-0.15, -0.1) is 24.8 Å². The topological polar surface area (TPSA) is 44.4 Å². The minimum absolute atomic E-state index is 0. The number of likely N-dealkylation sites (N-methyl/N-ethyl adjacent to an activating group) is 2. The van der Waals surface area contributed by atoms with Crippen LogP contribution >= 0.6 is 24.8 Å². The quantitative estimate of drug-likeness (QED) is 0.757. The van der Waals surface area contributed by atoms with Crippen molar-refractivity contribution in [2.24, 2.45) is 0 Å². The first-order chi connectivity index (χ1) is 5.90. The van der Waals surface area contributed by atoms with E-state index in [1.807, 2.05) is 32.8 Å². The molecule has 0 saturated heterocycles. The third-order valence-corrected chi connectivity index (χ3v) is 2.04. The van der Waals surface area contributed by atoms with Gasteiger partial charge in [0.2, 0.25) is 5.91 Å². The van der Waals surface area contributed by atoms with Gasteiger partial charge < -0.3 is 15.5 Å². The van der Waals surface area contributed by atoms with Crippen LogP contribution in [0.5, 0.6) is 0 Å². The molecule has 0 heterocycles. The second kappa shape index (κ2) is 9.21. The van der Waals surface area contributed by atoms with Crippen LogP contribution in [-0.4, -0.2) is 50.6 Å². The van der Waals surface area contributed by atoms with E-state index in [-0.39, 0.29) is 30.7 Å². The second-order valence-corrected chi connectivity index (χ2v) is 3.93. The number of amides is 1. The molecule has 2 N–H and O–H groups in total. The van der Waals surface area contributed by atoms with Crippen molar-refractivity contribution >= 4 is 30.7 Å². The number of halogens is 2. The van der Waals surface area contributed by atoms with Gasteiger partial charge in [0, 0.05) is 13.1 Å². The predicted octanol–water partition coefficient (Wildman–Crippen LogP) is 0.506. The number of rotatable bonds is 5. The third kappa shape index (κ3) is 8.93. The first-order valence-corrected chi connectivity index (χ1v) is 4.52. The van der Waals surface area contributed by atoms with Gasteiger partial charge in [0.25, 0.3) is 0 Å². The summed E-state index contributed by atoms with van der Waals surface area (Å²) in [6.07, 6.45) is 0. The van der Waals surface area contributed by atoms with Gasteiger partial charge in [-0.05, 0) is 35.0 Å². The van der Waals surface area contributed by atoms with Gasteiger partial charge in [0.05, 0.1) is 5.54 Å². The van der Waals surface area contributed by atoms with Crippen LogP contribution in [0.15, 0.2) is 0 Å². The Hall–Kier alpha value is -0.0300. The summed E-state index contributed by atoms with van der Waals surface area (Å²) < 4.78 is 0. The molecule has 0 aromatic carbocycles. The zero-order chi connectivity index (χ0) is 10.5. The Bertz CT molecular complexity index is 175. The van der Waals surface area contributed by atoms with Crippen LogP contribution < -0.4 is 10.6 Å². The molecule has 0 aliphatic rings. The summed E-state index contributed by atoms with van der Waals surface area (Å²) in [6, 6.07) is 0. The Morgan fingerprint density at radius 2 is 1.73 bits per heavy atom. The fraction of sp³-hybridized carbons (Fsp3) is 0.889. The fourth-order valence-corrected chi connectivity index (χ4v) is 0.728. The highest BCUT2D eigenvalue weighted by molar-refractivity contribution is 5.86. The normalized spacial score (nSPS) is 10.3. The Morgan fingerprint density at radius 1 is 1.27 bits per heavy atom. The molecule has 1 amide bonds. The smallest absolute Gasteiger partial charge is 0.239 e. The molecule has 0 fully saturated rings. The first-order valence-electron chi connectivity index (χ1n) is 4.52. The lowest BCUT2D eigenvalue weighted by atomic mass is 10.1. The zero-order valence-electron chi connectivity index (χ0n) is 10.1. The van der Waals surface area contributed by atoms with Crippen molar-refractivity contribution in [3.8, 4) is 0 Å². The van der Waals surface area contributed by atoms with Gasteiger partial charge in [-0.2, -0.15) is 0 Å². The minimum Gasteiger partial charge on any atom is -0.353 e. The molecule has 15 heavy (non-hydrogen) atoms. The van der Waals surface area contributed by atoms with E-state index in [0.29, 0.717) is 6.54 Å². The molecule has 0 spiro atoms. The van der Waals surface area contributed by atoms with E-state index in [1.54, 1.807) is 7.05 Å². The number of nitrogens with zero attached hydrogens (tertiary/aromatic N) is 1. The summed E-state index contributed by atoms with van der Waals surface area (Å²) >= 11 is 0. The maximum Gasteiger partial charge on any atom is 0.239 e. The molecule has 0 aromatic rings. The SMILES string of the molecule is CNC(C)(C)C(=O)NCCN(C)C.Cl.Cl. The van der Waals surface area contributed by atoms with E-state index in [2.05, 4.69) is 10.6 Å². The number of nitrogens with one attached hydrogen (secondary N) is 2. The van der Waals surface area contributed by atoms with Crippen LogP contribution in [0.4, 0.5) is 0 Å². The lowest BCUT2D eigenvalue weighted by Gasteiger charge is -2.23.